The summed E-state index contributed by atoms with van der Waals surface area (Å²) in [5.74, 6) is -0.610. The number of nitrogens with two attached hydrogens (primary N) is 1. The van der Waals surface area contributed by atoms with Crippen molar-refractivity contribution in [3.05, 3.63) is 17.0 Å². The minimum atomic E-state index is -3.52. The summed E-state index contributed by atoms with van der Waals surface area (Å²) in [5, 5.41) is 4.61. The van der Waals surface area contributed by atoms with E-state index in [-0.39, 0.29) is 15.8 Å². The van der Waals surface area contributed by atoms with Gasteiger partial charge in [0, 0.05) is 31.1 Å². The molecule has 2 rings (SSSR count). The maximum absolute atomic E-state index is 12.4. The summed E-state index contributed by atoms with van der Waals surface area (Å²) < 4.78 is 26.4. The monoisotopic (exact) mass is 289 g/mol. The summed E-state index contributed by atoms with van der Waals surface area (Å²) in [6.07, 6.45) is 0. The fourth-order valence-corrected chi connectivity index (χ4v) is 4.80. The van der Waals surface area contributed by atoms with Gasteiger partial charge in [-0.05, 0) is 13.0 Å². The molecule has 2 heterocycles. The molecule has 1 fully saturated rings. The Balaban J connectivity index is 2.31. The maximum atomic E-state index is 12.4. The molecule has 0 spiro atoms. The van der Waals surface area contributed by atoms with Crippen molar-refractivity contribution in [2.75, 3.05) is 19.6 Å². The van der Waals surface area contributed by atoms with E-state index in [0.29, 0.717) is 19.6 Å². The van der Waals surface area contributed by atoms with Gasteiger partial charge in [-0.25, -0.2) is 8.42 Å². The highest BCUT2D eigenvalue weighted by Crippen LogP contribution is 2.25. The average molecular weight is 289 g/mol. The van der Waals surface area contributed by atoms with Gasteiger partial charge < -0.3 is 11.1 Å². The minimum Gasteiger partial charge on any atom is -0.366 e. The number of hydrogen-bond acceptors (Lipinski definition) is 5. The van der Waals surface area contributed by atoms with E-state index in [1.165, 1.54) is 15.8 Å². The number of carbonyl (C=O) groups is 1. The normalized spacial score (nSPS) is 21.9. The number of primary amides is 1. The largest absolute Gasteiger partial charge is 0.366 e. The Labute approximate surface area is 110 Å². The van der Waals surface area contributed by atoms with Gasteiger partial charge in [-0.2, -0.15) is 4.31 Å². The van der Waals surface area contributed by atoms with Crippen LogP contribution in [0.5, 0.6) is 0 Å². The number of nitrogens with zero attached hydrogens (tertiary/aromatic N) is 1. The highest BCUT2D eigenvalue weighted by molar-refractivity contribution is 7.91. The summed E-state index contributed by atoms with van der Waals surface area (Å²) in [5.41, 5.74) is 5.36. The Morgan fingerprint density at radius 3 is 2.89 bits per heavy atom. The third-order valence-electron chi connectivity index (χ3n) is 2.86. The predicted octanol–water partition coefficient (Wildman–Crippen LogP) is -0.171. The molecule has 18 heavy (non-hydrogen) atoms. The van der Waals surface area contributed by atoms with Crippen molar-refractivity contribution in [1.82, 2.24) is 9.62 Å². The van der Waals surface area contributed by atoms with Crippen molar-refractivity contribution in [3.63, 3.8) is 0 Å². The van der Waals surface area contributed by atoms with Crippen LogP contribution in [0, 0.1) is 0 Å². The zero-order valence-corrected chi connectivity index (χ0v) is 11.6. The Bertz CT molecular complexity index is 552. The van der Waals surface area contributed by atoms with E-state index in [4.69, 9.17) is 5.73 Å². The molecule has 1 saturated heterocycles. The number of rotatable bonds is 3. The zero-order chi connectivity index (χ0) is 13.3. The lowest BCUT2D eigenvalue weighted by atomic mass is 10.3. The Kier molecular flexibility index (Phi) is 3.71. The highest BCUT2D eigenvalue weighted by Gasteiger charge is 2.32. The lowest BCUT2D eigenvalue weighted by molar-refractivity contribution is 0.100. The van der Waals surface area contributed by atoms with Gasteiger partial charge in [0.05, 0.1) is 5.56 Å². The van der Waals surface area contributed by atoms with Crippen LogP contribution >= 0.6 is 11.3 Å². The van der Waals surface area contributed by atoms with E-state index in [9.17, 15) is 13.2 Å². The van der Waals surface area contributed by atoms with Gasteiger partial charge in [-0.3, -0.25) is 4.79 Å². The van der Waals surface area contributed by atoms with Crippen LogP contribution in [0.1, 0.15) is 17.3 Å². The highest BCUT2D eigenvalue weighted by atomic mass is 32.2. The Morgan fingerprint density at radius 2 is 2.33 bits per heavy atom. The fraction of sp³-hybridized carbons (Fsp3) is 0.500. The van der Waals surface area contributed by atoms with Gasteiger partial charge in [0.15, 0.2) is 0 Å². The quantitative estimate of drug-likeness (QED) is 0.808. The molecule has 1 aliphatic rings. The maximum Gasteiger partial charge on any atom is 0.252 e. The van der Waals surface area contributed by atoms with E-state index in [1.54, 1.807) is 0 Å². The summed E-state index contributed by atoms with van der Waals surface area (Å²) in [6.45, 7) is 3.56. The third-order valence-corrected chi connectivity index (χ3v) is 6.29. The summed E-state index contributed by atoms with van der Waals surface area (Å²) in [6, 6.07) is 1.25. The molecule has 0 radical (unpaired) electrons. The van der Waals surface area contributed by atoms with Crippen molar-refractivity contribution in [2.24, 2.45) is 5.73 Å². The fourth-order valence-electron chi connectivity index (χ4n) is 1.88. The van der Waals surface area contributed by atoms with Crippen LogP contribution in [-0.4, -0.2) is 44.3 Å². The number of nitrogens with one attached hydrogen (secondary N) is 1. The topological polar surface area (TPSA) is 92.5 Å². The number of thiophene rings is 1. The molecule has 1 amide bonds. The van der Waals surface area contributed by atoms with E-state index in [0.717, 1.165) is 11.3 Å². The van der Waals surface area contributed by atoms with Crippen LogP contribution in [-0.2, 0) is 10.0 Å². The van der Waals surface area contributed by atoms with E-state index in [1.807, 2.05) is 6.92 Å². The molecule has 6 nitrogen and oxygen atoms in total. The molecule has 0 saturated carbocycles. The van der Waals surface area contributed by atoms with Crippen LogP contribution in [0.15, 0.2) is 15.7 Å². The van der Waals surface area contributed by atoms with Crippen LogP contribution < -0.4 is 11.1 Å². The molecule has 1 atom stereocenters. The molecule has 0 aromatic carbocycles. The van der Waals surface area contributed by atoms with Crippen LogP contribution in [0.2, 0.25) is 0 Å². The molecular weight excluding hydrogens is 274 g/mol. The zero-order valence-electron chi connectivity index (χ0n) is 9.92. The molecule has 100 valence electrons. The predicted molar refractivity (Wildman–Crippen MR) is 69.1 cm³/mol. The minimum absolute atomic E-state index is 0.0946. The standard InChI is InChI=1S/C10H15N3O3S2/c1-7-5-12-2-3-13(7)18(15,16)9-4-8(6-17-9)10(11)14/h4,6-7,12H,2-3,5H2,1H3,(H2,11,14)/t7-/m0/s1. The number of amides is 1. The first-order valence-electron chi connectivity index (χ1n) is 5.54. The molecule has 0 bridgehead atoms. The van der Waals surface area contributed by atoms with Gasteiger partial charge >= 0.3 is 0 Å². The molecule has 1 aliphatic heterocycles. The van der Waals surface area contributed by atoms with Gasteiger partial charge in [-0.15, -0.1) is 11.3 Å². The van der Waals surface area contributed by atoms with Gasteiger partial charge in [0.2, 0.25) is 5.91 Å². The molecular formula is C10H15N3O3S2. The smallest absolute Gasteiger partial charge is 0.252 e. The second-order valence-corrected chi connectivity index (χ2v) is 7.22. The summed E-state index contributed by atoms with van der Waals surface area (Å²) >= 11 is 1.03. The number of carbonyl (C=O) groups excluding carboxylic acids is 1. The van der Waals surface area contributed by atoms with Gasteiger partial charge in [-0.1, -0.05) is 0 Å². The van der Waals surface area contributed by atoms with Crippen LogP contribution in [0.3, 0.4) is 0 Å². The molecule has 3 N–H and O–H groups in total. The molecule has 8 heteroatoms. The molecule has 0 unspecified atom stereocenters. The summed E-state index contributed by atoms with van der Waals surface area (Å²) in [4.78, 5) is 11.0. The molecule has 0 aliphatic carbocycles. The van der Waals surface area contributed by atoms with E-state index in [2.05, 4.69) is 5.32 Å². The van der Waals surface area contributed by atoms with Crippen molar-refractivity contribution in [1.29, 1.82) is 0 Å². The Hall–Kier alpha value is -0.960. The van der Waals surface area contributed by atoms with Crippen LogP contribution in [0.25, 0.3) is 0 Å². The molecule has 1 aromatic rings. The first kappa shape index (κ1) is 13.5. The second kappa shape index (κ2) is 4.96. The van der Waals surface area contributed by atoms with Crippen LogP contribution in [0.4, 0.5) is 0 Å². The second-order valence-electron chi connectivity index (χ2n) is 4.19. The molecule has 1 aromatic heterocycles. The first-order chi connectivity index (χ1) is 8.43. The van der Waals surface area contributed by atoms with Gasteiger partial charge in [0.25, 0.3) is 10.0 Å². The van der Waals surface area contributed by atoms with E-state index >= 15 is 0 Å². The van der Waals surface area contributed by atoms with Crippen molar-refractivity contribution in [2.45, 2.75) is 17.2 Å². The average Bonchev–Trinajstić information content (AvgIpc) is 2.79. The SMILES string of the molecule is C[C@H]1CNCCN1S(=O)(=O)c1cc(C(N)=O)cs1. The lowest BCUT2D eigenvalue weighted by Gasteiger charge is -2.32. The number of sulfonamides is 1. The van der Waals surface area contributed by atoms with Crippen molar-refractivity contribution < 1.29 is 13.2 Å². The first-order valence-corrected chi connectivity index (χ1v) is 7.86. The van der Waals surface area contributed by atoms with Crippen molar-refractivity contribution >= 4 is 27.3 Å². The van der Waals surface area contributed by atoms with Crippen molar-refractivity contribution in [3.8, 4) is 0 Å². The number of hydrogen-bond donors (Lipinski definition) is 2. The van der Waals surface area contributed by atoms with E-state index < -0.39 is 15.9 Å². The van der Waals surface area contributed by atoms with Gasteiger partial charge in [0.1, 0.15) is 4.21 Å². The third kappa shape index (κ3) is 2.41. The summed E-state index contributed by atoms with van der Waals surface area (Å²) in [7, 11) is -3.52. The lowest BCUT2D eigenvalue weighted by Crippen LogP contribution is -2.51. The Morgan fingerprint density at radius 1 is 1.61 bits per heavy atom. The number of piperazine rings is 1.